The first-order valence-corrected chi connectivity index (χ1v) is 7.22. The van der Waals surface area contributed by atoms with Crippen LogP contribution in [0, 0.1) is 0 Å². The van der Waals surface area contributed by atoms with Crippen LogP contribution in [0.1, 0.15) is 0 Å². The Kier molecular flexibility index (Phi) is 7.46. The summed E-state index contributed by atoms with van der Waals surface area (Å²) in [5.74, 6) is 0.290. The molecule has 0 saturated carbocycles. The highest BCUT2D eigenvalue weighted by Gasteiger charge is 2.01. The van der Waals surface area contributed by atoms with Gasteiger partial charge in [-0.25, -0.2) is 0 Å². The number of ether oxygens (including phenoxy) is 2. The minimum absolute atomic E-state index is 0.290. The summed E-state index contributed by atoms with van der Waals surface area (Å²) in [4.78, 5) is 1.11. The molecular formula is C12H15IO3S. The van der Waals surface area contributed by atoms with Crippen molar-refractivity contribution in [3.05, 3.63) is 36.6 Å². The van der Waals surface area contributed by atoms with Gasteiger partial charge in [0.05, 0.1) is 16.1 Å². The van der Waals surface area contributed by atoms with E-state index in [1.807, 2.05) is 18.2 Å². The second kappa shape index (κ2) is 8.66. The number of methoxy groups -OCH3 is 1. The number of hydrogen-bond donors (Lipinski definition) is 1. The highest BCUT2D eigenvalue weighted by atomic mass is 127. The Labute approximate surface area is 119 Å². The molecule has 17 heavy (non-hydrogen) atoms. The molecule has 0 heterocycles. The van der Waals surface area contributed by atoms with Crippen LogP contribution in [0.4, 0.5) is 0 Å². The minimum atomic E-state index is 0.290. The average molecular weight is 366 g/mol. The van der Waals surface area contributed by atoms with E-state index in [1.54, 1.807) is 37.3 Å². The van der Waals surface area contributed by atoms with Gasteiger partial charge in [-0.1, -0.05) is 22.6 Å². The molecule has 0 fully saturated rings. The first-order valence-electron chi connectivity index (χ1n) is 5.09. The molecule has 0 amide bonds. The predicted molar refractivity (Wildman–Crippen MR) is 78.7 cm³/mol. The smallest absolute Gasteiger partial charge is 0.115 e. The van der Waals surface area contributed by atoms with Crippen molar-refractivity contribution in [2.75, 3.05) is 20.3 Å². The Bertz CT molecular complexity index is 340. The lowest BCUT2D eigenvalue weighted by Gasteiger charge is -2.05. The van der Waals surface area contributed by atoms with E-state index in [4.69, 9.17) is 14.6 Å². The van der Waals surface area contributed by atoms with Gasteiger partial charge in [0.25, 0.3) is 0 Å². The molecule has 0 aliphatic carbocycles. The fraction of sp³-hybridized carbons (Fsp3) is 0.333. The zero-order valence-corrected chi connectivity index (χ0v) is 12.5. The largest absolute Gasteiger partial charge is 0.508 e. The zero-order chi connectivity index (χ0) is 12.5. The maximum atomic E-state index is 9.16. The summed E-state index contributed by atoms with van der Waals surface area (Å²) in [7, 11) is 1.65. The maximum Gasteiger partial charge on any atom is 0.115 e. The van der Waals surface area contributed by atoms with Crippen molar-refractivity contribution < 1.29 is 14.6 Å². The Morgan fingerprint density at radius 2 is 2.06 bits per heavy atom. The molecular weight excluding hydrogens is 351 g/mol. The highest BCUT2D eigenvalue weighted by molar-refractivity contribution is 14.1. The van der Waals surface area contributed by atoms with Crippen LogP contribution >= 0.6 is 34.4 Å². The quantitative estimate of drug-likeness (QED) is 0.264. The molecule has 1 N–H and O–H groups in total. The summed E-state index contributed by atoms with van der Waals surface area (Å²) < 4.78 is 10.4. The molecule has 0 aliphatic heterocycles. The van der Waals surface area contributed by atoms with E-state index in [1.165, 1.54) is 0 Å². The Balaban J connectivity index is 2.28. The number of phenolic OH excluding ortho intramolecular Hbond substituents is 1. The van der Waals surface area contributed by atoms with Crippen molar-refractivity contribution in [2.45, 2.75) is 8.15 Å². The van der Waals surface area contributed by atoms with Gasteiger partial charge < -0.3 is 14.6 Å². The number of rotatable bonds is 7. The standard InChI is InChI=1S/C12H15IO3S/c1-15-8-9-16-7-6-12(13)17-11-4-2-10(14)3-5-11/h2-7,12,14H,8-9H2,1H3/b7-6-. The second-order valence-electron chi connectivity index (χ2n) is 3.16. The third-order valence-corrected chi connectivity index (χ3v) is 3.92. The minimum Gasteiger partial charge on any atom is -0.508 e. The number of halogens is 1. The molecule has 0 aromatic heterocycles. The molecule has 3 nitrogen and oxygen atoms in total. The van der Waals surface area contributed by atoms with Gasteiger partial charge in [0.2, 0.25) is 0 Å². The number of aromatic hydroxyl groups is 1. The third-order valence-electron chi connectivity index (χ3n) is 1.82. The van der Waals surface area contributed by atoms with Gasteiger partial charge in [0.15, 0.2) is 0 Å². The summed E-state index contributed by atoms with van der Waals surface area (Å²) in [6, 6.07) is 7.16. The molecule has 1 rings (SSSR count). The van der Waals surface area contributed by atoms with Crippen molar-refractivity contribution in [1.29, 1.82) is 0 Å². The normalized spacial score (nSPS) is 12.8. The zero-order valence-electron chi connectivity index (χ0n) is 9.51. The third kappa shape index (κ3) is 6.80. The molecule has 0 bridgehead atoms. The topological polar surface area (TPSA) is 38.7 Å². The second-order valence-corrected chi connectivity index (χ2v) is 6.56. The Hall–Kier alpha value is -0.400. The first kappa shape index (κ1) is 14.7. The van der Waals surface area contributed by atoms with Crippen LogP contribution in [0.2, 0.25) is 0 Å². The first-order chi connectivity index (χ1) is 8.22. The fourth-order valence-electron chi connectivity index (χ4n) is 1.01. The molecule has 0 spiro atoms. The van der Waals surface area contributed by atoms with Crippen molar-refractivity contribution in [2.24, 2.45) is 0 Å². The van der Waals surface area contributed by atoms with Gasteiger partial charge in [-0.15, -0.1) is 11.8 Å². The Morgan fingerprint density at radius 1 is 1.35 bits per heavy atom. The van der Waals surface area contributed by atoms with E-state index in [-0.39, 0.29) is 5.75 Å². The van der Waals surface area contributed by atoms with E-state index >= 15 is 0 Å². The van der Waals surface area contributed by atoms with E-state index in [2.05, 4.69) is 22.6 Å². The van der Waals surface area contributed by atoms with Crippen molar-refractivity contribution in [3.63, 3.8) is 0 Å². The molecule has 94 valence electrons. The van der Waals surface area contributed by atoms with Crippen LogP contribution in [0.15, 0.2) is 41.5 Å². The van der Waals surface area contributed by atoms with Crippen molar-refractivity contribution >= 4 is 34.4 Å². The van der Waals surface area contributed by atoms with Crippen LogP contribution in [0.3, 0.4) is 0 Å². The molecule has 1 unspecified atom stereocenters. The molecule has 1 atom stereocenters. The van der Waals surface area contributed by atoms with Crippen molar-refractivity contribution in [1.82, 2.24) is 0 Å². The van der Waals surface area contributed by atoms with Crippen LogP contribution in [-0.2, 0) is 9.47 Å². The average Bonchev–Trinajstić information content (AvgIpc) is 2.32. The molecule has 1 aromatic rings. The number of alkyl halides is 1. The summed E-state index contributed by atoms with van der Waals surface area (Å²) in [5, 5.41) is 9.16. The lowest BCUT2D eigenvalue weighted by Crippen LogP contribution is -1.97. The molecule has 0 radical (unpaired) electrons. The Morgan fingerprint density at radius 3 is 2.71 bits per heavy atom. The maximum absolute atomic E-state index is 9.16. The van der Waals surface area contributed by atoms with Crippen LogP contribution in [0.5, 0.6) is 5.75 Å². The van der Waals surface area contributed by atoms with E-state index in [0.717, 1.165) is 4.90 Å². The summed E-state index contributed by atoms with van der Waals surface area (Å²) >= 11 is 4.01. The predicted octanol–water partition coefficient (Wildman–Crippen LogP) is 3.42. The lowest BCUT2D eigenvalue weighted by atomic mass is 10.3. The number of phenols is 1. The molecule has 0 saturated heterocycles. The number of benzene rings is 1. The van der Waals surface area contributed by atoms with E-state index in [9.17, 15) is 0 Å². The van der Waals surface area contributed by atoms with Gasteiger partial charge in [-0.05, 0) is 30.3 Å². The summed E-state index contributed by atoms with van der Waals surface area (Å²) in [6.07, 6.45) is 3.68. The van der Waals surface area contributed by atoms with Crippen molar-refractivity contribution in [3.8, 4) is 5.75 Å². The highest BCUT2D eigenvalue weighted by Crippen LogP contribution is 2.29. The monoisotopic (exact) mass is 366 g/mol. The molecule has 1 aromatic carbocycles. The fourth-order valence-corrected chi connectivity index (χ4v) is 2.76. The molecule has 5 heteroatoms. The van der Waals surface area contributed by atoms with Crippen LogP contribution in [-0.4, -0.2) is 28.7 Å². The summed E-state index contributed by atoms with van der Waals surface area (Å²) in [6.45, 7) is 1.17. The SMILES string of the molecule is COCCO/C=C\C(I)Sc1ccc(O)cc1. The van der Waals surface area contributed by atoms with Crippen LogP contribution in [0.25, 0.3) is 0 Å². The molecule has 0 aliphatic rings. The van der Waals surface area contributed by atoms with Gasteiger partial charge in [-0.2, -0.15) is 0 Å². The van der Waals surface area contributed by atoms with Crippen LogP contribution < -0.4 is 0 Å². The lowest BCUT2D eigenvalue weighted by molar-refractivity contribution is 0.123. The van der Waals surface area contributed by atoms with Gasteiger partial charge in [0.1, 0.15) is 12.4 Å². The van der Waals surface area contributed by atoms with E-state index in [0.29, 0.717) is 16.5 Å². The van der Waals surface area contributed by atoms with Gasteiger partial charge >= 0.3 is 0 Å². The van der Waals surface area contributed by atoms with E-state index < -0.39 is 0 Å². The van der Waals surface area contributed by atoms with Gasteiger partial charge in [0, 0.05) is 12.0 Å². The number of hydrogen-bond acceptors (Lipinski definition) is 4. The van der Waals surface area contributed by atoms with Gasteiger partial charge in [-0.3, -0.25) is 0 Å². The summed E-state index contributed by atoms with van der Waals surface area (Å²) in [5.41, 5.74) is 0. The number of thioether (sulfide) groups is 1.